The van der Waals surface area contributed by atoms with Gasteiger partial charge in [-0.3, -0.25) is 0 Å². The number of imidazole rings is 1. The van der Waals surface area contributed by atoms with E-state index in [0.29, 0.717) is 0 Å². The molecule has 2 aromatic rings. The van der Waals surface area contributed by atoms with E-state index in [-0.39, 0.29) is 0 Å². The van der Waals surface area contributed by atoms with Gasteiger partial charge in [-0.2, -0.15) is 0 Å². The summed E-state index contributed by atoms with van der Waals surface area (Å²) in [4.78, 5) is 10.3. The SMILES string of the molecule is CC1CN(c2nc3ccc(N)cc3[nH]2)CC1C. The summed E-state index contributed by atoms with van der Waals surface area (Å²) < 4.78 is 0. The Bertz CT molecular complexity index is 535. The fraction of sp³-hybridized carbons (Fsp3) is 0.462. The van der Waals surface area contributed by atoms with Crippen molar-refractivity contribution in [2.24, 2.45) is 11.8 Å². The van der Waals surface area contributed by atoms with E-state index in [2.05, 4.69) is 28.7 Å². The van der Waals surface area contributed by atoms with Gasteiger partial charge in [-0.15, -0.1) is 0 Å². The number of rotatable bonds is 1. The van der Waals surface area contributed by atoms with Gasteiger partial charge in [-0.1, -0.05) is 13.8 Å². The highest BCUT2D eigenvalue weighted by Gasteiger charge is 2.27. The first-order valence-electron chi connectivity index (χ1n) is 6.13. The first-order chi connectivity index (χ1) is 8.13. The summed E-state index contributed by atoms with van der Waals surface area (Å²) in [7, 11) is 0. The number of nitrogen functional groups attached to an aromatic ring is 1. The molecule has 2 atom stereocenters. The van der Waals surface area contributed by atoms with E-state index in [1.54, 1.807) is 0 Å². The number of anilines is 2. The summed E-state index contributed by atoms with van der Waals surface area (Å²) in [5, 5.41) is 0. The number of hydrogen-bond donors (Lipinski definition) is 2. The van der Waals surface area contributed by atoms with Crippen molar-refractivity contribution in [3.8, 4) is 0 Å². The zero-order chi connectivity index (χ0) is 12.0. The highest BCUT2D eigenvalue weighted by Crippen LogP contribution is 2.27. The molecular weight excluding hydrogens is 212 g/mol. The van der Waals surface area contributed by atoms with Gasteiger partial charge in [0, 0.05) is 18.8 Å². The van der Waals surface area contributed by atoms with Crippen LogP contribution in [0, 0.1) is 11.8 Å². The Kier molecular flexibility index (Phi) is 2.24. The lowest BCUT2D eigenvalue weighted by atomic mass is 10.0. The lowest BCUT2D eigenvalue weighted by Gasteiger charge is -2.13. The Hall–Kier alpha value is -1.71. The standard InChI is InChI=1S/C13H18N4/c1-8-6-17(7-9(8)2)13-15-11-4-3-10(14)5-12(11)16-13/h3-5,8-9H,6-7,14H2,1-2H3,(H,15,16). The average Bonchev–Trinajstić information content (AvgIpc) is 2.83. The maximum absolute atomic E-state index is 5.77. The van der Waals surface area contributed by atoms with Crippen LogP contribution in [-0.2, 0) is 0 Å². The molecule has 0 saturated carbocycles. The quantitative estimate of drug-likeness (QED) is 0.739. The number of benzene rings is 1. The Morgan fingerprint density at radius 3 is 2.71 bits per heavy atom. The van der Waals surface area contributed by atoms with Crippen LogP contribution in [0.4, 0.5) is 11.6 Å². The van der Waals surface area contributed by atoms with E-state index in [1.165, 1.54) is 0 Å². The van der Waals surface area contributed by atoms with Crippen molar-refractivity contribution in [2.75, 3.05) is 23.7 Å². The summed E-state index contributed by atoms with van der Waals surface area (Å²) in [5.74, 6) is 2.43. The molecule has 17 heavy (non-hydrogen) atoms. The summed E-state index contributed by atoms with van der Waals surface area (Å²) in [6, 6.07) is 5.80. The van der Waals surface area contributed by atoms with Gasteiger partial charge in [0.25, 0.3) is 0 Å². The molecule has 0 bridgehead atoms. The molecule has 1 aliphatic rings. The smallest absolute Gasteiger partial charge is 0.203 e. The molecule has 2 heterocycles. The third kappa shape index (κ3) is 1.73. The summed E-state index contributed by atoms with van der Waals surface area (Å²) >= 11 is 0. The fourth-order valence-electron chi connectivity index (χ4n) is 2.47. The molecule has 4 nitrogen and oxygen atoms in total. The van der Waals surface area contributed by atoms with Crippen molar-refractivity contribution in [3.63, 3.8) is 0 Å². The molecule has 1 aromatic carbocycles. The van der Waals surface area contributed by atoms with E-state index in [9.17, 15) is 0 Å². The fourth-order valence-corrected chi connectivity index (χ4v) is 2.47. The molecule has 3 N–H and O–H groups in total. The van der Waals surface area contributed by atoms with Crippen LogP contribution in [0.15, 0.2) is 18.2 Å². The van der Waals surface area contributed by atoms with Crippen molar-refractivity contribution in [1.82, 2.24) is 9.97 Å². The van der Waals surface area contributed by atoms with Crippen molar-refractivity contribution in [1.29, 1.82) is 0 Å². The second-order valence-electron chi connectivity index (χ2n) is 5.20. The maximum Gasteiger partial charge on any atom is 0.203 e. The Morgan fingerprint density at radius 1 is 1.29 bits per heavy atom. The number of nitrogens with two attached hydrogens (primary N) is 1. The zero-order valence-corrected chi connectivity index (χ0v) is 10.3. The largest absolute Gasteiger partial charge is 0.399 e. The van der Waals surface area contributed by atoms with Crippen LogP contribution < -0.4 is 10.6 Å². The lowest BCUT2D eigenvalue weighted by molar-refractivity contribution is 0.494. The second-order valence-corrected chi connectivity index (χ2v) is 5.20. The summed E-state index contributed by atoms with van der Waals surface area (Å²) in [5.41, 5.74) is 8.55. The van der Waals surface area contributed by atoms with Crippen LogP contribution in [0.1, 0.15) is 13.8 Å². The van der Waals surface area contributed by atoms with Crippen LogP contribution in [0.25, 0.3) is 11.0 Å². The van der Waals surface area contributed by atoms with Crippen molar-refractivity contribution < 1.29 is 0 Å². The number of H-pyrrole nitrogens is 1. The second kappa shape index (κ2) is 3.65. The maximum atomic E-state index is 5.77. The normalized spacial score (nSPS) is 24.7. The van der Waals surface area contributed by atoms with Gasteiger partial charge in [-0.05, 0) is 30.0 Å². The molecule has 3 rings (SSSR count). The minimum absolute atomic E-state index is 0.730. The van der Waals surface area contributed by atoms with Crippen molar-refractivity contribution in [3.05, 3.63) is 18.2 Å². The van der Waals surface area contributed by atoms with Crippen LogP contribution in [0.5, 0.6) is 0 Å². The molecule has 90 valence electrons. The molecule has 0 aliphatic carbocycles. The number of aromatic amines is 1. The minimum Gasteiger partial charge on any atom is -0.399 e. The van der Waals surface area contributed by atoms with E-state index in [1.807, 2.05) is 18.2 Å². The monoisotopic (exact) mass is 230 g/mol. The zero-order valence-electron chi connectivity index (χ0n) is 10.3. The Morgan fingerprint density at radius 2 is 2.00 bits per heavy atom. The Labute approximate surface area is 101 Å². The molecular formula is C13H18N4. The van der Waals surface area contributed by atoms with Crippen LogP contribution in [0.2, 0.25) is 0 Å². The molecule has 0 spiro atoms. The molecule has 4 heteroatoms. The van der Waals surface area contributed by atoms with Crippen LogP contribution in [0.3, 0.4) is 0 Å². The Balaban J connectivity index is 1.96. The minimum atomic E-state index is 0.730. The highest BCUT2D eigenvalue weighted by molar-refractivity contribution is 5.80. The van der Waals surface area contributed by atoms with Gasteiger partial charge in [0.15, 0.2) is 0 Å². The third-order valence-corrected chi connectivity index (χ3v) is 3.78. The topological polar surface area (TPSA) is 57.9 Å². The predicted octanol–water partition coefficient (Wildman–Crippen LogP) is 2.24. The molecule has 2 unspecified atom stereocenters. The van der Waals surface area contributed by atoms with E-state index in [4.69, 9.17) is 5.73 Å². The number of aromatic nitrogens is 2. The number of nitrogens with zero attached hydrogens (tertiary/aromatic N) is 2. The van der Waals surface area contributed by atoms with E-state index >= 15 is 0 Å². The first kappa shape index (κ1) is 10.4. The van der Waals surface area contributed by atoms with Gasteiger partial charge in [0.1, 0.15) is 0 Å². The van der Waals surface area contributed by atoms with Crippen LogP contribution >= 0.6 is 0 Å². The van der Waals surface area contributed by atoms with Gasteiger partial charge in [0.05, 0.1) is 11.0 Å². The number of fused-ring (bicyclic) bond motifs is 1. The molecule has 0 amide bonds. The molecule has 1 fully saturated rings. The lowest BCUT2D eigenvalue weighted by Crippen LogP contribution is -2.20. The first-order valence-corrected chi connectivity index (χ1v) is 6.13. The van der Waals surface area contributed by atoms with Gasteiger partial charge >= 0.3 is 0 Å². The van der Waals surface area contributed by atoms with Gasteiger partial charge in [0.2, 0.25) is 5.95 Å². The van der Waals surface area contributed by atoms with Crippen LogP contribution in [-0.4, -0.2) is 23.1 Å². The molecule has 0 radical (unpaired) electrons. The van der Waals surface area contributed by atoms with Crippen molar-refractivity contribution in [2.45, 2.75) is 13.8 Å². The molecule has 1 saturated heterocycles. The molecule has 1 aromatic heterocycles. The summed E-state index contributed by atoms with van der Waals surface area (Å²) in [6.45, 7) is 6.75. The summed E-state index contributed by atoms with van der Waals surface area (Å²) in [6.07, 6.45) is 0. The highest BCUT2D eigenvalue weighted by atomic mass is 15.3. The molecule has 1 aliphatic heterocycles. The average molecular weight is 230 g/mol. The predicted molar refractivity (Wildman–Crippen MR) is 71.0 cm³/mol. The van der Waals surface area contributed by atoms with Gasteiger partial charge in [-0.25, -0.2) is 4.98 Å². The van der Waals surface area contributed by atoms with E-state index in [0.717, 1.165) is 47.6 Å². The van der Waals surface area contributed by atoms with E-state index < -0.39 is 0 Å². The third-order valence-electron chi connectivity index (χ3n) is 3.78. The number of nitrogens with one attached hydrogen (secondary N) is 1. The number of hydrogen-bond acceptors (Lipinski definition) is 3. The van der Waals surface area contributed by atoms with Crippen molar-refractivity contribution >= 4 is 22.7 Å². The van der Waals surface area contributed by atoms with Gasteiger partial charge < -0.3 is 15.6 Å².